The number of carbonyl (C=O) groups excluding carboxylic acids is 3. The van der Waals surface area contributed by atoms with Crippen LogP contribution in [0.15, 0.2) is 72.9 Å². The van der Waals surface area contributed by atoms with Crippen molar-refractivity contribution in [3.8, 4) is 0 Å². The van der Waals surface area contributed by atoms with E-state index in [1.807, 2.05) is 0 Å². The van der Waals surface area contributed by atoms with E-state index in [1.54, 1.807) is 0 Å². The highest BCUT2D eigenvalue weighted by molar-refractivity contribution is 5.71. The zero-order valence-electron chi connectivity index (χ0n) is 49.8. The van der Waals surface area contributed by atoms with Gasteiger partial charge in [0, 0.05) is 19.3 Å². The van der Waals surface area contributed by atoms with Gasteiger partial charge >= 0.3 is 17.9 Å². The molecule has 6 nitrogen and oxygen atoms in total. The number of ether oxygens (including phenoxy) is 3. The van der Waals surface area contributed by atoms with Gasteiger partial charge in [0.2, 0.25) is 0 Å². The zero-order chi connectivity index (χ0) is 54.3. The Morgan fingerprint density at radius 3 is 0.840 bits per heavy atom. The third-order valence-corrected chi connectivity index (χ3v) is 14.2. The molecule has 0 fully saturated rings. The van der Waals surface area contributed by atoms with E-state index < -0.39 is 6.10 Å². The minimum absolute atomic E-state index is 0.0855. The molecule has 0 aliphatic rings. The summed E-state index contributed by atoms with van der Waals surface area (Å²) in [6, 6.07) is 0. The SMILES string of the molecule is CC/C=C\C/C=C\C/C=C\C/C=C\C/C=C\CCCCCC(=O)OC[C@H](COC(=O)CCCCCCCCC/C=C\CCCCCCCC)OC(=O)CCCCCCCCCCCCCCCCCCCCCCC. The van der Waals surface area contributed by atoms with Crippen molar-refractivity contribution in [3.63, 3.8) is 0 Å². The van der Waals surface area contributed by atoms with Crippen molar-refractivity contribution >= 4 is 17.9 Å². The van der Waals surface area contributed by atoms with Gasteiger partial charge in [-0.15, -0.1) is 0 Å². The number of allylic oxidation sites excluding steroid dienone is 12. The van der Waals surface area contributed by atoms with Gasteiger partial charge in [-0.05, 0) is 89.9 Å². The summed E-state index contributed by atoms with van der Waals surface area (Å²) < 4.78 is 16.9. The van der Waals surface area contributed by atoms with Gasteiger partial charge in [-0.3, -0.25) is 14.4 Å². The molecule has 1 atom stereocenters. The Hall–Kier alpha value is -3.15. The maximum absolute atomic E-state index is 12.9. The standard InChI is InChI=1S/C69H122O6/c1-4-7-10-13-16-19-22-25-28-31-33-34-36-39-42-45-48-51-54-57-60-63-69(72)75-66(64-73-67(70)61-58-55-52-49-46-43-40-37-30-27-24-21-18-15-12-9-6-3)65-74-68(71)62-59-56-53-50-47-44-41-38-35-32-29-26-23-20-17-14-11-8-5-2/h8,11,17,20,26-27,29-30,35,38,44,47,66H,4-7,9-10,12-16,18-19,21-25,28,31-34,36-37,39-43,45-46,48-65H2,1-3H3/b11-8-,20-17-,29-26-,30-27-,38-35-,47-44-/t66-/m0/s1. The lowest BCUT2D eigenvalue weighted by Gasteiger charge is -2.18. The molecule has 75 heavy (non-hydrogen) atoms. The molecule has 0 radical (unpaired) electrons. The molecule has 434 valence electrons. The molecule has 0 heterocycles. The highest BCUT2D eigenvalue weighted by atomic mass is 16.6. The first kappa shape index (κ1) is 71.8. The molecular weight excluding hydrogens is 925 g/mol. The second-order valence-electron chi connectivity index (χ2n) is 21.6. The van der Waals surface area contributed by atoms with Crippen molar-refractivity contribution in [2.75, 3.05) is 13.2 Å². The molecule has 6 heteroatoms. The van der Waals surface area contributed by atoms with E-state index in [2.05, 4.69) is 93.7 Å². The summed E-state index contributed by atoms with van der Waals surface area (Å²) in [6.07, 6.45) is 81.9. The summed E-state index contributed by atoms with van der Waals surface area (Å²) in [7, 11) is 0. The number of unbranched alkanes of at least 4 members (excludes halogenated alkanes) is 36. The predicted molar refractivity (Wildman–Crippen MR) is 325 cm³/mol. The van der Waals surface area contributed by atoms with Gasteiger partial charge in [-0.25, -0.2) is 0 Å². The lowest BCUT2D eigenvalue weighted by Crippen LogP contribution is -2.30. The van der Waals surface area contributed by atoms with Crippen LogP contribution in [0, 0.1) is 0 Å². The molecule has 0 bridgehead atoms. The van der Waals surface area contributed by atoms with Crippen LogP contribution in [0.3, 0.4) is 0 Å². The summed E-state index contributed by atoms with van der Waals surface area (Å²) in [5.74, 6) is -0.905. The normalized spacial score (nSPS) is 12.5. The van der Waals surface area contributed by atoms with Gasteiger partial charge in [0.05, 0.1) is 0 Å². The van der Waals surface area contributed by atoms with Crippen LogP contribution < -0.4 is 0 Å². The summed E-state index contributed by atoms with van der Waals surface area (Å²) in [6.45, 7) is 6.54. The van der Waals surface area contributed by atoms with Gasteiger partial charge in [-0.2, -0.15) is 0 Å². The van der Waals surface area contributed by atoms with Crippen molar-refractivity contribution in [1.29, 1.82) is 0 Å². The average Bonchev–Trinajstić information content (AvgIpc) is 3.41. The Bertz CT molecular complexity index is 1390. The van der Waals surface area contributed by atoms with Crippen LogP contribution in [0.2, 0.25) is 0 Å². The molecule has 0 spiro atoms. The molecule has 0 rings (SSSR count). The van der Waals surface area contributed by atoms with E-state index in [4.69, 9.17) is 14.2 Å². The fourth-order valence-electron chi connectivity index (χ4n) is 9.35. The molecule has 0 aromatic rings. The van der Waals surface area contributed by atoms with Crippen LogP contribution in [0.4, 0.5) is 0 Å². The van der Waals surface area contributed by atoms with Crippen molar-refractivity contribution in [2.45, 2.75) is 335 Å². The molecule has 0 amide bonds. The monoisotopic (exact) mass is 1050 g/mol. The Kier molecular flexibility index (Phi) is 60.7. The lowest BCUT2D eigenvalue weighted by atomic mass is 10.0. The number of hydrogen-bond acceptors (Lipinski definition) is 6. The summed E-state index contributed by atoms with van der Waals surface area (Å²) in [5, 5.41) is 0. The molecule has 0 aromatic heterocycles. The summed E-state index contributed by atoms with van der Waals surface area (Å²) in [5.41, 5.74) is 0. The molecule has 0 saturated heterocycles. The van der Waals surface area contributed by atoms with Gasteiger partial charge in [0.1, 0.15) is 13.2 Å². The number of rotatable bonds is 59. The van der Waals surface area contributed by atoms with E-state index in [0.29, 0.717) is 19.3 Å². The van der Waals surface area contributed by atoms with Crippen molar-refractivity contribution < 1.29 is 28.6 Å². The van der Waals surface area contributed by atoms with E-state index in [9.17, 15) is 14.4 Å². The zero-order valence-corrected chi connectivity index (χ0v) is 49.8. The van der Waals surface area contributed by atoms with Crippen LogP contribution >= 0.6 is 0 Å². The Balaban J connectivity index is 4.40. The quantitative estimate of drug-likeness (QED) is 0.0261. The van der Waals surface area contributed by atoms with Crippen molar-refractivity contribution in [2.24, 2.45) is 0 Å². The highest BCUT2D eigenvalue weighted by Gasteiger charge is 2.19. The molecule has 0 aromatic carbocycles. The first-order chi connectivity index (χ1) is 37.0. The van der Waals surface area contributed by atoms with Crippen molar-refractivity contribution in [3.05, 3.63) is 72.9 Å². The Morgan fingerprint density at radius 1 is 0.280 bits per heavy atom. The van der Waals surface area contributed by atoms with Gasteiger partial charge in [-0.1, -0.05) is 293 Å². The Labute approximate surface area is 465 Å². The minimum atomic E-state index is -0.791. The fourth-order valence-corrected chi connectivity index (χ4v) is 9.35. The molecule has 0 aliphatic carbocycles. The topological polar surface area (TPSA) is 78.9 Å². The lowest BCUT2D eigenvalue weighted by molar-refractivity contribution is -0.167. The van der Waals surface area contributed by atoms with E-state index in [1.165, 1.54) is 193 Å². The summed E-state index contributed by atoms with van der Waals surface area (Å²) in [4.78, 5) is 38.3. The molecule has 0 N–H and O–H groups in total. The van der Waals surface area contributed by atoms with E-state index in [0.717, 1.165) is 96.3 Å². The minimum Gasteiger partial charge on any atom is -0.462 e. The second kappa shape index (κ2) is 63.4. The first-order valence-electron chi connectivity index (χ1n) is 32.4. The molecular formula is C69H122O6. The van der Waals surface area contributed by atoms with Crippen LogP contribution in [0.5, 0.6) is 0 Å². The van der Waals surface area contributed by atoms with Crippen LogP contribution in [0.25, 0.3) is 0 Å². The van der Waals surface area contributed by atoms with Gasteiger partial charge in [0.25, 0.3) is 0 Å². The maximum atomic E-state index is 12.9. The summed E-state index contributed by atoms with van der Waals surface area (Å²) >= 11 is 0. The predicted octanol–water partition coefficient (Wildman–Crippen LogP) is 22.1. The van der Waals surface area contributed by atoms with Gasteiger partial charge < -0.3 is 14.2 Å². The number of esters is 3. The Morgan fingerprint density at radius 2 is 0.520 bits per heavy atom. The first-order valence-corrected chi connectivity index (χ1v) is 32.4. The number of carbonyl (C=O) groups is 3. The fraction of sp³-hybridized carbons (Fsp3) is 0.783. The molecule has 0 saturated carbocycles. The highest BCUT2D eigenvalue weighted by Crippen LogP contribution is 2.17. The third kappa shape index (κ3) is 61.6. The molecule has 0 unspecified atom stereocenters. The number of hydrogen-bond donors (Lipinski definition) is 0. The van der Waals surface area contributed by atoms with Crippen LogP contribution in [-0.2, 0) is 28.6 Å². The van der Waals surface area contributed by atoms with Gasteiger partial charge in [0.15, 0.2) is 6.10 Å². The second-order valence-corrected chi connectivity index (χ2v) is 21.6. The third-order valence-electron chi connectivity index (χ3n) is 14.2. The van der Waals surface area contributed by atoms with Crippen LogP contribution in [-0.4, -0.2) is 37.2 Å². The van der Waals surface area contributed by atoms with Crippen LogP contribution in [0.1, 0.15) is 329 Å². The smallest absolute Gasteiger partial charge is 0.306 e. The largest absolute Gasteiger partial charge is 0.462 e. The maximum Gasteiger partial charge on any atom is 0.306 e. The average molecular weight is 1050 g/mol. The van der Waals surface area contributed by atoms with Crippen molar-refractivity contribution in [1.82, 2.24) is 0 Å². The van der Waals surface area contributed by atoms with E-state index in [-0.39, 0.29) is 31.1 Å². The van der Waals surface area contributed by atoms with E-state index >= 15 is 0 Å². The molecule has 0 aliphatic heterocycles.